The van der Waals surface area contributed by atoms with Crippen LogP contribution in [0.5, 0.6) is 0 Å². The van der Waals surface area contributed by atoms with Gasteiger partial charge in [-0.3, -0.25) is 4.79 Å². The Balaban J connectivity index is 2.58. The van der Waals surface area contributed by atoms with Crippen LogP contribution in [0.15, 0.2) is 22.5 Å². The number of carbonyl (C=O) groups is 1. The lowest BCUT2D eigenvalue weighted by atomic mass is 10.3. The number of aliphatic carboxylic acids is 1. The number of fused-ring (bicyclic) bond motifs is 1. The zero-order chi connectivity index (χ0) is 13.5. The first-order valence-corrected chi connectivity index (χ1v) is 7.59. The Labute approximate surface area is 112 Å². The van der Waals surface area contributed by atoms with Crippen LogP contribution in [0.2, 0.25) is 5.02 Å². The minimum atomic E-state index is -3.95. The lowest BCUT2D eigenvalue weighted by Gasteiger charge is -2.03. The average Bonchev–Trinajstić information content (AvgIpc) is 2.71. The molecule has 5 nitrogen and oxygen atoms in total. The van der Waals surface area contributed by atoms with E-state index in [4.69, 9.17) is 16.7 Å². The highest BCUT2D eigenvalue weighted by Gasteiger charge is 2.32. The molecule has 0 fully saturated rings. The number of hydrogen-bond acceptors (Lipinski definition) is 5. The first-order chi connectivity index (χ1) is 8.32. The molecule has 0 amide bonds. The zero-order valence-corrected chi connectivity index (χ0v) is 11.5. The van der Waals surface area contributed by atoms with Crippen LogP contribution in [0.25, 0.3) is 10.2 Å². The van der Waals surface area contributed by atoms with Gasteiger partial charge in [0.15, 0.2) is 5.25 Å². The SMILES string of the molecule is CC(C(=O)O)S(=O)(=O)c1nc2ccc(Cl)cc2s1. The molecule has 1 N–H and O–H groups in total. The molecule has 1 unspecified atom stereocenters. The van der Waals surface area contributed by atoms with Crippen LogP contribution in [-0.4, -0.2) is 29.7 Å². The maximum Gasteiger partial charge on any atom is 0.322 e. The van der Waals surface area contributed by atoms with E-state index in [0.717, 1.165) is 18.3 Å². The van der Waals surface area contributed by atoms with Crippen LogP contribution in [0.1, 0.15) is 6.92 Å². The highest BCUT2D eigenvalue weighted by Crippen LogP contribution is 2.29. The molecular formula is C10H8ClNO4S2. The van der Waals surface area contributed by atoms with Gasteiger partial charge in [0.25, 0.3) is 0 Å². The number of hydrogen-bond donors (Lipinski definition) is 1. The first kappa shape index (κ1) is 13.3. The van der Waals surface area contributed by atoms with E-state index in [-0.39, 0.29) is 4.34 Å². The normalized spacial score (nSPS) is 13.7. The smallest absolute Gasteiger partial charge is 0.322 e. The van der Waals surface area contributed by atoms with E-state index in [1.165, 1.54) is 0 Å². The van der Waals surface area contributed by atoms with E-state index in [2.05, 4.69) is 4.98 Å². The van der Waals surface area contributed by atoms with Gasteiger partial charge in [0.05, 0.1) is 10.2 Å². The summed E-state index contributed by atoms with van der Waals surface area (Å²) in [5.74, 6) is -1.40. The summed E-state index contributed by atoms with van der Waals surface area (Å²) in [5.41, 5.74) is 0.487. The molecule has 18 heavy (non-hydrogen) atoms. The van der Waals surface area contributed by atoms with Gasteiger partial charge in [0, 0.05) is 5.02 Å². The summed E-state index contributed by atoms with van der Waals surface area (Å²) in [5, 5.41) is 7.73. The van der Waals surface area contributed by atoms with Crippen molar-refractivity contribution in [1.29, 1.82) is 0 Å². The summed E-state index contributed by atoms with van der Waals surface area (Å²) >= 11 is 6.71. The Kier molecular flexibility index (Phi) is 3.31. The van der Waals surface area contributed by atoms with Crippen molar-refractivity contribution in [2.24, 2.45) is 0 Å². The number of sulfone groups is 1. The summed E-state index contributed by atoms with van der Waals surface area (Å²) in [6.45, 7) is 1.12. The number of rotatable bonds is 3. The van der Waals surface area contributed by atoms with Crippen molar-refractivity contribution in [2.45, 2.75) is 16.5 Å². The molecule has 1 aromatic heterocycles. The van der Waals surface area contributed by atoms with Crippen LogP contribution in [0, 0.1) is 0 Å². The van der Waals surface area contributed by atoms with Crippen LogP contribution >= 0.6 is 22.9 Å². The summed E-state index contributed by atoms with van der Waals surface area (Å²) < 4.78 is 24.3. The Hall–Kier alpha value is -1.18. The van der Waals surface area contributed by atoms with E-state index in [9.17, 15) is 13.2 Å². The fourth-order valence-electron chi connectivity index (χ4n) is 1.28. The lowest BCUT2D eigenvalue weighted by molar-refractivity contribution is -0.136. The van der Waals surface area contributed by atoms with Crippen molar-refractivity contribution < 1.29 is 18.3 Å². The third-order valence-electron chi connectivity index (χ3n) is 2.39. The minimum absolute atomic E-state index is 0.199. The van der Waals surface area contributed by atoms with E-state index < -0.39 is 21.1 Å². The van der Waals surface area contributed by atoms with E-state index in [1.54, 1.807) is 18.2 Å². The van der Waals surface area contributed by atoms with Crippen molar-refractivity contribution in [1.82, 2.24) is 4.98 Å². The zero-order valence-electron chi connectivity index (χ0n) is 9.12. The third-order valence-corrected chi connectivity index (χ3v) is 6.09. The summed E-state index contributed by atoms with van der Waals surface area (Å²) in [6.07, 6.45) is 0. The molecule has 0 aliphatic heterocycles. The number of aromatic nitrogens is 1. The van der Waals surface area contributed by atoms with Gasteiger partial charge in [-0.25, -0.2) is 13.4 Å². The molecule has 2 aromatic rings. The van der Waals surface area contributed by atoms with Gasteiger partial charge in [-0.2, -0.15) is 0 Å². The van der Waals surface area contributed by atoms with Crippen LogP contribution in [0.3, 0.4) is 0 Å². The van der Waals surface area contributed by atoms with Crippen molar-refractivity contribution in [3.8, 4) is 0 Å². The second-order valence-corrected chi connectivity index (χ2v) is 7.53. The highest BCUT2D eigenvalue weighted by molar-refractivity contribution is 7.94. The Bertz CT molecular complexity index is 723. The predicted octanol–water partition coefficient (Wildman–Crippen LogP) is 2.20. The molecule has 0 saturated carbocycles. The quantitative estimate of drug-likeness (QED) is 0.939. The predicted molar refractivity (Wildman–Crippen MR) is 68.9 cm³/mol. The summed E-state index contributed by atoms with van der Waals surface area (Å²) in [4.78, 5) is 14.7. The maximum absolute atomic E-state index is 12.0. The molecule has 8 heteroatoms. The molecule has 0 spiro atoms. The molecule has 96 valence electrons. The molecule has 0 bridgehead atoms. The third kappa shape index (κ3) is 2.21. The lowest BCUT2D eigenvalue weighted by Crippen LogP contribution is -2.26. The van der Waals surface area contributed by atoms with Gasteiger partial charge in [0.1, 0.15) is 0 Å². The van der Waals surface area contributed by atoms with Gasteiger partial charge in [-0.15, -0.1) is 11.3 Å². The Morgan fingerprint density at radius 3 is 2.78 bits per heavy atom. The maximum atomic E-state index is 12.0. The standard InChI is InChI=1S/C10H8ClNO4S2/c1-5(9(13)14)18(15,16)10-12-7-3-2-6(11)4-8(7)17-10/h2-5H,1H3,(H,13,14). The molecule has 0 radical (unpaired) electrons. The number of nitrogens with zero attached hydrogens (tertiary/aromatic N) is 1. The molecular weight excluding hydrogens is 298 g/mol. The van der Waals surface area contributed by atoms with E-state index >= 15 is 0 Å². The van der Waals surface area contributed by atoms with Crippen LogP contribution in [0.4, 0.5) is 0 Å². The second-order valence-electron chi connectivity index (χ2n) is 3.62. The Morgan fingerprint density at radius 2 is 2.17 bits per heavy atom. The summed E-state index contributed by atoms with van der Waals surface area (Å²) in [6, 6.07) is 4.79. The largest absolute Gasteiger partial charge is 0.480 e. The average molecular weight is 306 g/mol. The van der Waals surface area contributed by atoms with E-state index in [0.29, 0.717) is 15.2 Å². The monoisotopic (exact) mass is 305 g/mol. The molecule has 0 aliphatic carbocycles. The van der Waals surface area contributed by atoms with Gasteiger partial charge < -0.3 is 5.11 Å². The Morgan fingerprint density at radius 1 is 1.50 bits per heavy atom. The second kappa shape index (κ2) is 4.49. The number of thiazole rings is 1. The van der Waals surface area contributed by atoms with Gasteiger partial charge in [-0.1, -0.05) is 11.6 Å². The van der Waals surface area contributed by atoms with Crippen molar-refractivity contribution >= 4 is 49.0 Å². The fourth-order valence-corrected chi connectivity index (χ4v) is 4.22. The van der Waals surface area contributed by atoms with Crippen LogP contribution in [-0.2, 0) is 14.6 Å². The van der Waals surface area contributed by atoms with Crippen molar-refractivity contribution in [3.63, 3.8) is 0 Å². The molecule has 0 aliphatic rings. The molecule has 2 rings (SSSR count). The number of carboxylic acids is 1. The topological polar surface area (TPSA) is 84.3 Å². The van der Waals surface area contributed by atoms with Crippen molar-refractivity contribution in [2.75, 3.05) is 0 Å². The fraction of sp³-hybridized carbons (Fsp3) is 0.200. The molecule has 1 atom stereocenters. The molecule has 0 saturated heterocycles. The first-order valence-electron chi connectivity index (χ1n) is 4.85. The van der Waals surface area contributed by atoms with Gasteiger partial charge in [0.2, 0.25) is 14.2 Å². The van der Waals surface area contributed by atoms with E-state index in [1.807, 2.05) is 0 Å². The molecule has 1 aromatic carbocycles. The number of halogens is 1. The number of benzene rings is 1. The van der Waals surface area contributed by atoms with Crippen LogP contribution < -0.4 is 0 Å². The van der Waals surface area contributed by atoms with Gasteiger partial charge >= 0.3 is 5.97 Å². The summed E-state index contributed by atoms with van der Waals surface area (Å²) in [7, 11) is -3.95. The highest BCUT2D eigenvalue weighted by atomic mass is 35.5. The van der Waals surface area contributed by atoms with Crippen molar-refractivity contribution in [3.05, 3.63) is 23.2 Å². The minimum Gasteiger partial charge on any atom is -0.480 e. The number of carboxylic acid groups (broad SMARTS) is 1. The molecule has 1 heterocycles. The van der Waals surface area contributed by atoms with Gasteiger partial charge in [-0.05, 0) is 25.1 Å².